The predicted molar refractivity (Wildman–Crippen MR) is 314 cm³/mol. The summed E-state index contributed by atoms with van der Waals surface area (Å²) in [5.41, 5.74) is 17.9. The molecule has 0 amide bonds. The van der Waals surface area contributed by atoms with E-state index < -0.39 is 6.17 Å². The first-order chi connectivity index (χ1) is 37.6. The molecule has 2 unspecified atom stereocenters. The normalized spacial score (nSPS) is 14.7. The minimum atomic E-state index is -0.427. The van der Waals surface area contributed by atoms with Crippen LogP contribution in [0.15, 0.2) is 275 Å². The van der Waals surface area contributed by atoms with Gasteiger partial charge in [-0.1, -0.05) is 231 Å². The van der Waals surface area contributed by atoms with Gasteiger partial charge in [-0.15, -0.1) is 0 Å². The van der Waals surface area contributed by atoms with Gasteiger partial charge < -0.3 is 14.2 Å². The summed E-state index contributed by atoms with van der Waals surface area (Å²) in [6.07, 6.45) is -0.751. The molecule has 2 aromatic heterocycles. The Hall–Kier alpha value is -9.81. The van der Waals surface area contributed by atoms with Crippen molar-refractivity contribution >= 4 is 71.3 Å². The molecule has 15 rings (SSSR count). The number of nitrogens with one attached hydrogen (secondary N) is 2. The highest BCUT2D eigenvalue weighted by molar-refractivity contribution is 6.20. The van der Waals surface area contributed by atoms with Crippen LogP contribution in [0.5, 0.6) is 0 Å². The number of para-hydroxylation sites is 2. The van der Waals surface area contributed by atoms with Crippen molar-refractivity contribution in [1.82, 2.24) is 10.6 Å². The fraction of sp³-hybridized carbons (Fsp3) is 0.0282. The lowest BCUT2D eigenvalue weighted by Crippen LogP contribution is -2.45. The third-order valence-electron chi connectivity index (χ3n) is 15.4. The Morgan fingerprint density at radius 2 is 0.855 bits per heavy atom. The van der Waals surface area contributed by atoms with E-state index in [1.54, 1.807) is 0 Å². The molecule has 76 heavy (non-hydrogen) atoms. The molecule has 0 fully saturated rings. The molecule has 1 aliphatic rings. The van der Waals surface area contributed by atoms with Crippen molar-refractivity contribution in [3.63, 3.8) is 0 Å². The van der Waals surface area contributed by atoms with Gasteiger partial charge in [0.2, 0.25) is 0 Å². The molecule has 0 bridgehead atoms. The van der Waals surface area contributed by atoms with Crippen LogP contribution in [0.2, 0.25) is 0 Å². The third-order valence-corrected chi connectivity index (χ3v) is 15.4. The van der Waals surface area contributed by atoms with Crippen LogP contribution in [0.25, 0.3) is 121 Å². The number of benzene rings is 12. The Morgan fingerprint density at radius 3 is 1.61 bits per heavy atom. The number of fused-ring (bicyclic) bond motifs is 8. The molecule has 12 aromatic carbocycles. The predicted octanol–water partition coefficient (Wildman–Crippen LogP) is 18.5. The number of nitrogens with zero attached hydrogens (tertiary/aromatic N) is 1. The standard InChI is InChI=1S/C71H47N3O2/c1-3-15-44(16-4-1)46-29-31-48(32-30-46)50-21-13-22-53(41-50)54-37-39-59(66-63-42-51-19-7-8-20-52(51)43-65(63)76-68(54)66)57-38-40-61(56-24-10-9-23-55(56)57)70-72-69(49-35-33-47(34-36-49)45-17-5-2-6-18-45)73-71(74-70)62-27-14-26-60-58-25-11-12-28-64(58)75-67(60)62/h1-43,70-71,74H,(H,72,73). The highest BCUT2D eigenvalue weighted by Crippen LogP contribution is 2.46. The largest absolute Gasteiger partial charge is 0.456 e. The molecule has 14 aromatic rings. The van der Waals surface area contributed by atoms with Gasteiger partial charge in [-0.05, 0) is 108 Å². The Morgan fingerprint density at radius 1 is 0.316 bits per heavy atom. The van der Waals surface area contributed by atoms with E-state index in [0.717, 1.165) is 122 Å². The van der Waals surface area contributed by atoms with Crippen LogP contribution in [-0.2, 0) is 0 Å². The van der Waals surface area contributed by atoms with E-state index in [9.17, 15) is 0 Å². The van der Waals surface area contributed by atoms with Gasteiger partial charge in [-0.3, -0.25) is 5.32 Å². The Labute approximate surface area is 439 Å². The zero-order chi connectivity index (χ0) is 50.1. The Kier molecular flexibility index (Phi) is 10.4. The summed E-state index contributed by atoms with van der Waals surface area (Å²) >= 11 is 0. The van der Waals surface area contributed by atoms with E-state index in [-0.39, 0.29) is 6.17 Å². The second kappa shape index (κ2) is 18.0. The van der Waals surface area contributed by atoms with Gasteiger partial charge in [0.15, 0.2) is 0 Å². The highest BCUT2D eigenvalue weighted by atomic mass is 16.3. The van der Waals surface area contributed by atoms with Crippen LogP contribution in [0.3, 0.4) is 0 Å². The monoisotopic (exact) mass is 973 g/mol. The van der Waals surface area contributed by atoms with Crippen LogP contribution in [0.4, 0.5) is 0 Å². The van der Waals surface area contributed by atoms with E-state index >= 15 is 0 Å². The quantitative estimate of drug-likeness (QED) is 0.159. The van der Waals surface area contributed by atoms with Crippen LogP contribution < -0.4 is 10.6 Å². The van der Waals surface area contributed by atoms with E-state index in [0.29, 0.717) is 0 Å². The van der Waals surface area contributed by atoms with E-state index in [2.05, 4.69) is 259 Å². The molecule has 2 atom stereocenters. The number of hydrogen-bond acceptors (Lipinski definition) is 5. The molecule has 5 heteroatoms. The van der Waals surface area contributed by atoms with Gasteiger partial charge in [0.25, 0.3) is 0 Å². The van der Waals surface area contributed by atoms with Crippen molar-refractivity contribution in [3.8, 4) is 55.6 Å². The molecule has 2 N–H and O–H groups in total. The molecule has 0 saturated carbocycles. The Bertz CT molecular complexity index is 4570. The highest BCUT2D eigenvalue weighted by Gasteiger charge is 2.30. The lowest BCUT2D eigenvalue weighted by atomic mass is 9.89. The zero-order valence-electron chi connectivity index (χ0n) is 41.2. The molecule has 358 valence electrons. The maximum atomic E-state index is 7.10. The summed E-state index contributed by atoms with van der Waals surface area (Å²) in [4.78, 5) is 5.44. The van der Waals surface area contributed by atoms with Crippen molar-refractivity contribution in [2.24, 2.45) is 4.99 Å². The van der Waals surface area contributed by atoms with E-state index in [1.807, 2.05) is 12.1 Å². The fourth-order valence-electron chi connectivity index (χ4n) is 11.6. The van der Waals surface area contributed by atoms with Crippen LogP contribution in [0.1, 0.15) is 29.0 Å². The van der Waals surface area contributed by atoms with Crippen LogP contribution >= 0.6 is 0 Å². The summed E-state index contributed by atoms with van der Waals surface area (Å²) in [6.45, 7) is 0. The van der Waals surface area contributed by atoms with Gasteiger partial charge in [-0.25, -0.2) is 4.99 Å². The minimum Gasteiger partial charge on any atom is -0.456 e. The number of hydrogen-bond donors (Lipinski definition) is 2. The number of furan rings is 2. The average molecular weight is 974 g/mol. The molecular formula is C71H47N3O2. The van der Waals surface area contributed by atoms with Crippen molar-refractivity contribution < 1.29 is 8.83 Å². The molecule has 0 saturated heterocycles. The number of amidine groups is 1. The Balaban J connectivity index is 0.863. The molecule has 0 aliphatic carbocycles. The lowest BCUT2D eigenvalue weighted by Gasteiger charge is -2.33. The summed E-state index contributed by atoms with van der Waals surface area (Å²) in [6, 6.07) is 93.1. The average Bonchev–Trinajstić information content (AvgIpc) is 4.14. The topological polar surface area (TPSA) is 62.7 Å². The third kappa shape index (κ3) is 7.47. The first-order valence-electron chi connectivity index (χ1n) is 26.0. The van der Waals surface area contributed by atoms with Gasteiger partial charge in [0, 0.05) is 38.2 Å². The van der Waals surface area contributed by atoms with Gasteiger partial charge in [0.1, 0.15) is 40.5 Å². The molecular weight excluding hydrogens is 927 g/mol. The summed E-state index contributed by atoms with van der Waals surface area (Å²) in [5.74, 6) is 0.803. The fourth-order valence-corrected chi connectivity index (χ4v) is 11.6. The van der Waals surface area contributed by atoms with Crippen molar-refractivity contribution in [2.45, 2.75) is 12.3 Å². The van der Waals surface area contributed by atoms with E-state index in [4.69, 9.17) is 13.8 Å². The van der Waals surface area contributed by atoms with Crippen molar-refractivity contribution in [3.05, 3.63) is 278 Å². The minimum absolute atomic E-state index is 0.324. The SMILES string of the molecule is c1ccc(-c2ccc(C3=NC(c4cccc5c4oc4ccccc45)NC(c4ccc(-c5ccc(-c6cccc(-c7ccc(-c8ccccc8)cc7)c6)c6oc7cc8ccccc8cc7c56)c5ccccc45)N3)cc2)cc1. The van der Waals surface area contributed by atoms with Gasteiger partial charge >= 0.3 is 0 Å². The first kappa shape index (κ1) is 43.7. The second-order valence-corrected chi connectivity index (χ2v) is 19.8. The van der Waals surface area contributed by atoms with Gasteiger partial charge in [-0.2, -0.15) is 0 Å². The van der Waals surface area contributed by atoms with Gasteiger partial charge in [0.05, 0.1) is 0 Å². The maximum absolute atomic E-state index is 7.10. The molecule has 5 nitrogen and oxygen atoms in total. The molecule has 0 spiro atoms. The van der Waals surface area contributed by atoms with Crippen molar-refractivity contribution in [2.75, 3.05) is 0 Å². The summed E-state index contributed by atoms with van der Waals surface area (Å²) in [7, 11) is 0. The van der Waals surface area contributed by atoms with Crippen LogP contribution in [-0.4, -0.2) is 5.84 Å². The second-order valence-electron chi connectivity index (χ2n) is 19.8. The summed E-state index contributed by atoms with van der Waals surface area (Å²) in [5, 5.41) is 16.8. The zero-order valence-corrected chi connectivity index (χ0v) is 41.2. The molecule has 3 heterocycles. The smallest absolute Gasteiger partial charge is 0.143 e. The van der Waals surface area contributed by atoms with E-state index in [1.165, 1.54) is 22.1 Å². The van der Waals surface area contributed by atoms with Crippen LogP contribution in [0, 0.1) is 0 Å². The summed E-state index contributed by atoms with van der Waals surface area (Å²) < 4.78 is 13.7. The number of rotatable bonds is 8. The molecule has 0 radical (unpaired) electrons. The first-order valence-corrected chi connectivity index (χ1v) is 26.0. The number of aliphatic imine (C=N–C) groups is 1. The lowest BCUT2D eigenvalue weighted by molar-refractivity contribution is 0.410. The maximum Gasteiger partial charge on any atom is 0.143 e. The van der Waals surface area contributed by atoms with Crippen molar-refractivity contribution in [1.29, 1.82) is 0 Å². The molecule has 1 aliphatic heterocycles.